The highest BCUT2D eigenvalue weighted by Crippen LogP contribution is 2.31. The number of hydrogen-bond donors (Lipinski definition) is 2. The normalized spacial score (nSPS) is 11.6. The molecule has 0 atom stereocenters. The van der Waals surface area contributed by atoms with Crippen molar-refractivity contribution < 1.29 is 27.5 Å². The lowest BCUT2D eigenvalue weighted by Crippen LogP contribution is -2.20. The number of nitrogens with one attached hydrogen (secondary N) is 2. The Balaban J connectivity index is 1.52. The molecule has 3 rings (SSSR count). The summed E-state index contributed by atoms with van der Waals surface area (Å²) in [6, 6.07) is 18.0. The minimum absolute atomic E-state index is 0.0330. The van der Waals surface area contributed by atoms with Gasteiger partial charge in [0.15, 0.2) is 6.61 Å². The lowest BCUT2D eigenvalue weighted by atomic mass is 9.82. The number of carbonyl (C=O) groups excluding carboxylic acids is 2. The molecule has 0 radical (unpaired) electrons. The summed E-state index contributed by atoms with van der Waals surface area (Å²) in [4.78, 5) is 24.6. The Kier molecular flexibility index (Phi) is 7.84. The average molecular weight is 485 g/mol. The van der Waals surface area contributed by atoms with Gasteiger partial charge in [0.05, 0.1) is 5.56 Å². The number of carbonyl (C=O) groups is 2. The van der Waals surface area contributed by atoms with Gasteiger partial charge in [-0.1, -0.05) is 39.0 Å². The van der Waals surface area contributed by atoms with Crippen LogP contribution >= 0.6 is 0 Å². The maximum Gasteiger partial charge on any atom is 0.416 e. The predicted octanol–water partition coefficient (Wildman–Crippen LogP) is 6.66. The molecule has 0 aromatic heterocycles. The Labute approximate surface area is 202 Å². The van der Waals surface area contributed by atoms with E-state index in [0.29, 0.717) is 11.4 Å². The fourth-order valence-corrected chi connectivity index (χ4v) is 3.23. The van der Waals surface area contributed by atoms with Crippen LogP contribution in [-0.2, 0) is 16.4 Å². The minimum atomic E-state index is -4.50. The molecule has 0 saturated heterocycles. The van der Waals surface area contributed by atoms with Crippen LogP contribution in [-0.4, -0.2) is 18.4 Å². The van der Waals surface area contributed by atoms with Crippen LogP contribution in [0.2, 0.25) is 0 Å². The molecule has 0 spiro atoms. The van der Waals surface area contributed by atoms with Crippen LogP contribution in [0.3, 0.4) is 0 Å². The summed E-state index contributed by atoms with van der Waals surface area (Å²) in [5.74, 6) is -0.359. The van der Waals surface area contributed by atoms with E-state index in [2.05, 4.69) is 31.4 Å². The number of rotatable bonds is 8. The topological polar surface area (TPSA) is 67.4 Å². The van der Waals surface area contributed by atoms with Gasteiger partial charge in [-0.2, -0.15) is 13.2 Å². The Morgan fingerprint density at radius 1 is 0.829 bits per heavy atom. The quantitative estimate of drug-likeness (QED) is 0.376. The largest absolute Gasteiger partial charge is 0.484 e. The zero-order chi connectivity index (χ0) is 25.6. The van der Waals surface area contributed by atoms with Gasteiger partial charge in [0.25, 0.3) is 11.8 Å². The van der Waals surface area contributed by atoms with Gasteiger partial charge in [-0.15, -0.1) is 0 Å². The molecule has 0 saturated carbocycles. The Morgan fingerprint density at radius 2 is 1.49 bits per heavy atom. The summed E-state index contributed by atoms with van der Waals surface area (Å²) in [6.07, 6.45) is -3.50. The second-order valence-electron chi connectivity index (χ2n) is 8.71. The number of ether oxygens (including phenoxy) is 1. The van der Waals surface area contributed by atoms with Crippen LogP contribution in [0.5, 0.6) is 5.75 Å². The number of anilines is 2. The monoisotopic (exact) mass is 484 g/mol. The van der Waals surface area contributed by atoms with Crippen LogP contribution in [0, 0.1) is 0 Å². The van der Waals surface area contributed by atoms with Crippen molar-refractivity contribution in [2.24, 2.45) is 0 Å². The second kappa shape index (κ2) is 10.6. The third-order valence-corrected chi connectivity index (χ3v) is 5.77. The summed E-state index contributed by atoms with van der Waals surface area (Å²) in [7, 11) is 0. The van der Waals surface area contributed by atoms with Crippen molar-refractivity contribution in [3.63, 3.8) is 0 Å². The number of benzene rings is 3. The second-order valence-corrected chi connectivity index (χ2v) is 8.71. The lowest BCUT2D eigenvalue weighted by molar-refractivity contribution is -0.137. The van der Waals surface area contributed by atoms with E-state index in [-0.39, 0.29) is 29.2 Å². The smallest absolute Gasteiger partial charge is 0.416 e. The van der Waals surface area contributed by atoms with E-state index in [1.165, 1.54) is 42.0 Å². The molecule has 8 heteroatoms. The average Bonchev–Trinajstić information content (AvgIpc) is 2.83. The summed E-state index contributed by atoms with van der Waals surface area (Å²) >= 11 is 0. The molecule has 3 aromatic rings. The SMILES string of the molecule is CCC(C)(C)c1ccc(OCC(=O)Nc2ccc(C(=O)Nc3cccc(C(F)(F)F)c3)cc2)cc1. The predicted molar refractivity (Wildman–Crippen MR) is 130 cm³/mol. The zero-order valence-electron chi connectivity index (χ0n) is 19.7. The fourth-order valence-electron chi connectivity index (χ4n) is 3.23. The molecule has 2 N–H and O–H groups in total. The fraction of sp³-hybridized carbons (Fsp3) is 0.259. The first kappa shape index (κ1) is 25.8. The van der Waals surface area contributed by atoms with Crippen LogP contribution in [0.1, 0.15) is 48.7 Å². The van der Waals surface area contributed by atoms with Crippen molar-refractivity contribution in [2.45, 2.75) is 38.8 Å². The lowest BCUT2D eigenvalue weighted by Gasteiger charge is -2.23. The Bertz CT molecular complexity index is 1170. The number of halogens is 3. The number of hydrogen-bond acceptors (Lipinski definition) is 3. The minimum Gasteiger partial charge on any atom is -0.484 e. The molecule has 3 aromatic carbocycles. The maximum atomic E-state index is 12.8. The van der Waals surface area contributed by atoms with Crippen LogP contribution in [0.25, 0.3) is 0 Å². The molecule has 184 valence electrons. The molecule has 35 heavy (non-hydrogen) atoms. The summed E-state index contributed by atoms with van der Waals surface area (Å²) in [5, 5.41) is 5.12. The number of alkyl halides is 3. The van der Waals surface area contributed by atoms with Crippen molar-refractivity contribution in [2.75, 3.05) is 17.2 Å². The molecule has 0 heterocycles. The van der Waals surface area contributed by atoms with Gasteiger partial charge in [-0.25, -0.2) is 0 Å². The first-order valence-electron chi connectivity index (χ1n) is 11.1. The maximum absolute atomic E-state index is 12.8. The molecule has 0 aliphatic rings. The summed E-state index contributed by atoms with van der Waals surface area (Å²) in [6.45, 7) is 6.27. The van der Waals surface area contributed by atoms with Crippen molar-refractivity contribution in [1.29, 1.82) is 0 Å². The molecule has 0 fully saturated rings. The van der Waals surface area contributed by atoms with Gasteiger partial charge in [0.2, 0.25) is 0 Å². The Hall–Kier alpha value is -3.81. The molecule has 0 bridgehead atoms. The van der Waals surface area contributed by atoms with E-state index in [1.807, 2.05) is 24.3 Å². The molecule has 0 unspecified atom stereocenters. The third-order valence-electron chi connectivity index (χ3n) is 5.77. The first-order chi connectivity index (χ1) is 16.5. The van der Waals surface area contributed by atoms with E-state index in [4.69, 9.17) is 4.74 Å². The summed E-state index contributed by atoms with van der Waals surface area (Å²) in [5.41, 5.74) is 1.11. The highest BCUT2D eigenvalue weighted by molar-refractivity contribution is 6.04. The number of amides is 2. The Morgan fingerprint density at radius 3 is 2.09 bits per heavy atom. The van der Waals surface area contributed by atoms with Gasteiger partial charge in [0, 0.05) is 16.9 Å². The van der Waals surface area contributed by atoms with Gasteiger partial charge in [-0.05, 0) is 72.0 Å². The highest BCUT2D eigenvalue weighted by Gasteiger charge is 2.30. The zero-order valence-corrected chi connectivity index (χ0v) is 19.7. The van der Waals surface area contributed by atoms with Crippen LogP contribution in [0.15, 0.2) is 72.8 Å². The van der Waals surface area contributed by atoms with E-state index in [1.54, 1.807) is 0 Å². The highest BCUT2D eigenvalue weighted by atomic mass is 19.4. The molecular weight excluding hydrogens is 457 g/mol. The van der Waals surface area contributed by atoms with E-state index in [9.17, 15) is 22.8 Å². The van der Waals surface area contributed by atoms with Gasteiger partial charge >= 0.3 is 6.18 Å². The van der Waals surface area contributed by atoms with Crippen molar-refractivity contribution in [3.8, 4) is 5.75 Å². The van der Waals surface area contributed by atoms with Crippen molar-refractivity contribution in [1.82, 2.24) is 0 Å². The summed E-state index contributed by atoms with van der Waals surface area (Å²) < 4.78 is 44.1. The molecule has 0 aliphatic carbocycles. The molecular formula is C27H27F3N2O3. The van der Waals surface area contributed by atoms with Gasteiger partial charge in [0.1, 0.15) is 5.75 Å². The van der Waals surface area contributed by atoms with E-state index in [0.717, 1.165) is 18.6 Å². The van der Waals surface area contributed by atoms with Gasteiger partial charge < -0.3 is 15.4 Å². The van der Waals surface area contributed by atoms with Crippen LogP contribution < -0.4 is 15.4 Å². The van der Waals surface area contributed by atoms with Crippen LogP contribution in [0.4, 0.5) is 24.5 Å². The van der Waals surface area contributed by atoms with Crippen molar-refractivity contribution >= 4 is 23.2 Å². The molecule has 5 nitrogen and oxygen atoms in total. The van der Waals surface area contributed by atoms with Gasteiger partial charge in [-0.3, -0.25) is 9.59 Å². The molecule has 2 amide bonds. The molecule has 0 aliphatic heterocycles. The van der Waals surface area contributed by atoms with E-state index >= 15 is 0 Å². The van der Waals surface area contributed by atoms with Crippen molar-refractivity contribution in [3.05, 3.63) is 89.5 Å². The van der Waals surface area contributed by atoms with E-state index < -0.39 is 17.6 Å². The third kappa shape index (κ3) is 7.09. The standard InChI is InChI=1S/C27H27F3N2O3/c1-4-26(2,3)19-10-14-23(15-11-19)35-17-24(33)31-21-12-8-18(9-13-21)25(34)32-22-7-5-6-20(16-22)27(28,29)30/h5-16H,4,17H2,1-3H3,(H,31,33)(H,32,34). The first-order valence-corrected chi connectivity index (χ1v) is 11.1.